The van der Waals surface area contributed by atoms with E-state index in [0.717, 1.165) is 34.2 Å². The number of methoxy groups -OCH3 is 1. The monoisotopic (exact) mass is 428 g/mol. The van der Waals surface area contributed by atoms with Crippen LogP contribution in [0.5, 0.6) is 11.5 Å². The Morgan fingerprint density at radius 1 is 0.969 bits per heavy atom. The SMILES string of the molecule is CCc1ccc(OCC(=O)NC[C@H](c2ccc(OC)cc2)c2c[nH]c3ccccc23)cc1. The quantitative estimate of drug-likeness (QED) is 0.391. The molecule has 0 aliphatic heterocycles. The number of aryl methyl sites for hydroxylation is 1. The van der Waals surface area contributed by atoms with Crippen molar-refractivity contribution >= 4 is 16.8 Å². The number of aromatic amines is 1. The maximum absolute atomic E-state index is 12.5. The molecule has 1 atom stereocenters. The van der Waals surface area contributed by atoms with Crippen molar-refractivity contribution in [3.8, 4) is 11.5 Å². The van der Waals surface area contributed by atoms with Crippen molar-refractivity contribution in [3.63, 3.8) is 0 Å². The van der Waals surface area contributed by atoms with Crippen molar-refractivity contribution in [2.24, 2.45) is 0 Å². The van der Waals surface area contributed by atoms with Crippen LogP contribution in [0.2, 0.25) is 0 Å². The van der Waals surface area contributed by atoms with Gasteiger partial charge in [-0.15, -0.1) is 0 Å². The van der Waals surface area contributed by atoms with Gasteiger partial charge in [0.15, 0.2) is 6.61 Å². The molecular weight excluding hydrogens is 400 g/mol. The lowest BCUT2D eigenvalue weighted by Crippen LogP contribution is -2.32. The average molecular weight is 429 g/mol. The van der Waals surface area contributed by atoms with Gasteiger partial charge in [0.25, 0.3) is 5.91 Å². The summed E-state index contributed by atoms with van der Waals surface area (Å²) in [6.07, 6.45) is 3.00. The minimum Gasteiger partial charge on any atom is -0.497 e. The Morgan fingerprint density at radius 2 is 1.69 bits per heavy atom. The Balaban J connectivity index is 1.48. The number of hydrogen-bond acceptors (Lipinski definition) is 3. The largest absolute Gasteiger partial charge is 0.497 e. The molecule has 5 nitrogen and oxygen atoms in total. The molecule has 3 aromatic carbocycles. The number of aromatic nitrogens is 1. The van der Waals surface area contributed by atoms with Gasteiger partial charge < -0.3 is 19.8 Å². The molecule has 0 spiro atoms. The minimum atomic E-state index is -0.150. The van der Waals surface area contributed by atoms with Gasteiger partial charge in [-0.2, -0.15) is 0 Å². The summed E-state index contributed by atoms with van der Waals surface area (Å²) in [5, 5.41) is 4.19. The highest BCUT2D eigenvalue weighted by Gasteiger charge is 2.19. The van der Waals surface area contributed by atoms with Gasteiger partial charge in [-0.3, -0.25) is 4.79 Å². The molecule has 4 aromatic rings. The molecule has 164 valence electrons. The smallest absolute Gasteiger partial charge is 0.257 e. The van der Waals surface area contributed by atoms with Crippen LogP contribution in [0.25, 0.3) is 10.9 Å². The number of para-hydroxylation sites is 1. The zero-order valence-electron chi connectivity index (χ0n) is 18.4. The summed E-state index contributed by atoms with van der Waals surface area (Å²) in [5.41, 5.74) is 4.56. The fraction of sp³-hybridized carbons (Fsp3) is 0.222. The molecular formula is C27H28N2O3. The molecule has 0 saturated carbocycles. The van der Waals surface area contributed by atoms with Gasteiger partial charge in [-0.25, -0.2) is 0 Å². The first-order valence-corrected chi connectivity index (χ1v) is 10.9. The lowest BCUT2D eigenvalue weighted by molar-refractivity contribution is -0.123. The predicted molar refractivity (Wildman–Crippen MR) is 127 cm³/mol. The van der Waals surface area contributed by atoms with E-state index in [1.54, 1.807) is 7.11 Å². The number of rotatable bonds is 9. The molecule has 0 saturated heterocycles. The second-order valence-electron chi connectivity index (χ2n) is 7.71. The predicted octanol–water partition coefficient (Wildman–Crippen LogP) is 5.07. The molecule has 0 radical (unpaired) electrons. The minimum absolute atomic E-state index is 0.00940. The molecule has 1 aromatic heterocycles. The number of hydrogen-bond donors (Lipinski definition) is 2. The highest BCUT2D eigenvalue weighted by Crippen LogP contribution is 2.31. The van der Waals surface area contributed by atoms with Gasteiger partial charge in [0, 0.05) is 29.6 Å². The molecule has 0 aliphatic rings. The summed E-state index contributed by atoms with van der Waals surface area (Å²) in [5.74, 6) is 1.34. The van der Waals surface area contributed by atoms with E-state index in [0.29, 0.717) is 12.3 Å². The first-order chi connectivity index (χ1) is 15.7. The van der Waals surface area contributed by atoms with Gasteiger partial charge in [0.2, 0.25) is 0 Å². The van der Waals surface area contributed by atoms with Crippen molar-refractivity contribution in [1.82, 2.24) is 10.3 Å². The lowest BCUT2D eigenvalue weighted by atomic mass is 9.91. The van der Waals surface area contributed by atoms with E-state index >= 15 is 0 Å². The molecule has 0 bridgehead atoms. The average Bonchev–Trinajstić information content (AvgIpc) is 3.27. The summed E-state index contributed by atoms with van der Waals surface area (Å²) < 4.78 is 11.0. The van der Waals surface area contributed by atoms with Crippen molar-refractivity contribution < 1.29 is 14.3 Å². The van der Waals surface area contributed by atoms with Crippen LogP contribution in [0.3, 0.4) is 0 Å². The van der Waals surface area contributed by atoms with E-state index in [1.165, 1.54) is 5.56 Å². The molecule has 0 aliphatic carbocycles. The molecule has 4 rings (SSSR count). The first-order valence-electron chi connectivity index (χ1n) is 10.9. The highest BCUT2D eigenvalue weighted by atomic mass is 16.5. The highest BCUT2D eigenvalue weighted by molar-refractivity contribution is 5.84. The maximum atomic E-state index is 12.5. The number of benzene rings is 3. The number of nitrogens with one attached hydrogen (secondary N) is 2. The number of carbonyl (C=O) groups excluding carboxylic acids is 1. The number of fused-ring (bicyclic) bond motifs is 1. The fourth-order valence-corrected chi connectivity index (χ4v) is 3.86. The molecule has 5 heteroatoms. The zero-order valence-corrected chi connectivity index (χ0v) is 18.4. The Bertz CT molecular complexity index is 1160. The van der Waals surface area contributed by atoms with Crippen molar-refractivity contribution in [1.29, 1.82) is 0 Å². The second-order valence-corrected chi connectivity index (χ2v) is 7.71. The Labute approximate surface area is 188 Å². The molecule has 1 amide bonds. The van der Waals surface area contributed by atoms with Crippen LogP contribution >= 0.6 is 0 Å². The van der Waals surface area contributed by atoms with Crippen LogP contribution in [0.15, 0.2) is 79.0 Å². The Morgan fingerprint density at radius 3 is 2.41 bits per heavy atom. The van der Waals surface area contributed by atoms with E-state index < -0.39 is 0 Å². The summed E-state index contributed by atoms with van der Waals surface area (Å²) in [4.78, 5) is 15.9. The third kappa shape index (κ3) is 4.94. The van der Waals surface area contributed by atoms with Gasteiger partial charge in [0.05, 0.1) is 7.11 Å². The van der Waals surface area contributed by atoms with Crippen molar-refractivity contribution in [2.45, 2.75) is 19.3 Å². The van der Waals surface area contributed by atoms with Crippen molar-refractivity contribution in [3.05, 3.63) is 95.7 Å². The topological polar surface area (TPSA) is 63.4 Å². The molecule has 1 heterocycles. The number of amides is 1. The molecule has 0 fully saturated rings. The van der Waals surface area contributed by atoms with Crippen LogP contribution in [-0.2, 0) is 11.2 Å². The standard InChI is InChI=1S/C27H28N2O3/c1-3-19-8-12-22(13-9-19)32-18-27(30)29-16-24(20-10-14-21(31-2)15-11-20)25-17-28-26-7-5-4-6-23(25)26/h4-15,17,24,28H,3,16,18H2,1-2H3,(H,29,30)/t24-/m1/s1. The van der Waals surface area contributed by atoms with Crippen LogP contribution in [0, 0.1) is 0 Å². The van der Waals surface area contributed by atoms with Crippen LogP contribution in [0.4, 0.5) is 0 Å². The molecule has 32 heavy (non-hydrogen) atoms. The molecule has 2 N–H and O–H groups in total. The van der Waals surface area contributed by atoms with E-state index in [4.69, 9.17) is 9.47 Å². The Kier molecular flexibility index (Phi) is 6.75. The third-order valence-corrected chi connectivity index (χ3v) is 5.72. The number of ether oxygens (including phenoxy) is 2. The normalized spacial score (nSPS) is 11.8. The van der Waals surface area contributed by atoms with Gasteiger partial charge in [-0.05, 0) is 53.4 Å². The van der Waals surface area contributed by atoms with E-state index in [-0.39, 0.29) is 18.4 Å². The van der Waals surface area contributed by atoms with Gasteiger partial charge >= 0.3 is 0 Å². The zero-order chi connectivity index (χ0) is 22.3. The van der Waals surface area contributed by atoms with E-state index in [2.05, 4.69) is 29.4 Å². The lowest BCUT2D eigenvalue weighted by Gasteiger charge is -2.19. The number of carbonyl (C=O) groups is 1. The molecule has 0 unspecified atom stereocenters. The van der Waals surface area contributed by atoms with Gasteiger partial charge in [0.1, 0.15) is 11.5 Å². The Hall–Kier alpha value is -3.73. The first kappa shape index (κ1) is 21.5. The summed E-state index contributed by atoms with van der Waals surface area (Å²) in [7, 11) is 1.65. The van der Waals surface area contributed by atoms with Crippen LogP contribution in [-0.4, -0.2) is 31.2 Å². The van der Waals surface area contributed by atoms with E-state index in [9.17, 15) is 4.79 Å². The summed E-state index contributed by atoms with van der Waals surface area (Å²) in [6, 6.07) is 24.0. The van der Waals surface area contributed by atoms with Crippen LogP contribution in [0.1, 0.15) is 29.5 Å². The summed E-state index contributed by atoms with van der Waals surface area (Å²) in [6.45, 7) is 2.55. The van der Waals surface area contributed by atoms with Crippen LogP contribution < -0.4 is 14.8 Å². The second kappa shape index (κ2) is 10.1. The van der Waals surface area contributed by atoms with Gasteiger partial charge in [-0.1, -0.05) is 49.4 Å². The fourth-order valence-electron chi connectivity index (χ4n) is 3.86. The third-order valence-electron chi connectivity index (χ3n) is 5.72. The maximum Gasteiger partial charge on any atom is 0.257 e. The number of H-pyrrole nitrogens is 1. The van der Waals surface area contributed by atoms with E-state index in [1.807, 2.05) is 66.9 Å². The van der Waals surface area contributed by atoms with Crippen molar-refractivity contribution in [2.75, 3.05) is 20.3 Å². The summed E-state index contributed by atoms with van der Waals surface area (Å²) >= 11 is 0.